The van der Waals surface area contributed by atoms with E-state index in [0.717, 1.165) is 5.57 Å². The van der Waals surface area contributed by atoms with Crippen molar-refractivity contribution in [3.8, 4) is 0 Å². The number of hydrogen-bond donors (Lipinski definition) is 0. The molecular formula is C20H26O6. The van der Waals surface area contributed by atoms with E-state index >= 15 is 0 Å². The summed E-state index contributed by atoms with van der Waals surface area (Å²) in [7, 11) is 2.43. The van der Waals surface area contributed by atoms with E-state index in [1.54, 1.807) is 6.08 Å². The second kappa shape index (κ2) is 6.11. The normalized spacial score (nSPS) is 23.7. The number of ketones is 1. The minimum atomic E-state index is -1.87. The van der Waals surface area contributed by atoms with Crippen LogP contribution >= 0.6 is 0 Å². The predicted molar refractivity (Wildman–Crippen MR) is 95.0 cm³/mol. The first kappa shape index (κ1) is 19.9. The van der Waals surface area contributed by atoms with E-state index in [2.05, 4.69) is 0 Å². The van der Waals surface area contributed by atoms with Gasteiger partial charge in [0.15, 0.2) is 0 Å². The number of carbonyl (C=O) groups excluding carboxylic acids is 3. The molecule has 0 radical (unpaired) electrons. The molecule has 6 heteroatoms. The summed E-state index contributed by atoms with van der Waals surface area (Å²) in [6.07, 6.45) is 3.36. The van der Waals surface area contributed by atoms with E-state index in [1.165, 1.54) is 14.2 Å². The molecule has 1 spiro atoms. The Kier molecular flexibility index (Phi) is 4.69. The van der Waals surface area contributed by atoms with Crippen LogP contribution in [0, 0.1) is 10.8 Å². The Hall–Kier alpha value is -2.37. The second-order valence-electron chi connectivity index (χ2n) is 8.51. The standard InChI is InChI=1S/C20H26O6/c1-18(2,3)11-9-12(19(4,5)6)15(21)20(10-11)13(16(22)25-8)14(24-7)17(23)26-20/h9-10H,1-8H3. The van der Waals surface area contributed by atoms with Gasteiger partial charge in [-0.25, -0.2) is 9.59 Å². The molecule has 0 N–H and O–H groups in total. The van der Waals surface area contributed by atoms with Crippen LogP contribution in [0.3, 0.4) is 0 Å². The molecule has 1 aliphatic heterocycles. The number of hydrogen-bond acceptors (Lipinski definition) is 6. The summed E-state index contributed by atoms with van der Waals surface area (Å²) in [4.78, 5) is 38.2. The highest BCUT2D eigenvalue weighted by Gasteiger charge is 2.59. The maximum atomic E-state index is 13.4. The molecule has 1 atom stereocenters. The lowest BCUT2D eigenvalue weighted by molar-refractivity contribution is -0.154. The zero-order valence-electron chi connectivity index (χ0n) is 16.6. The molecule has 142 valence electrons. The van der Waals surface area contributed by atoms with Crippen LogP contribution < -0.4 is 0 Å². The van der Waals surface area contributed by atoms with E-state index in [9.17, 15) is 14.4 Å². The molecule has 0 bridgehead atoms. The molecule has 6 nitrogen and oxygen atoms in total. The third-order valence-electron chi connectivity index (χ3n) is 4.55. The molecule has 26 heavy (non-hydrogen) atoms. The minimum absolute atomic E-state index is 0.214. The van der Waals surface area contributed by atoms with Crippen molar-refractivity contribution in [1.82, 2.24) is 0 Å². The quantitative estimate of drug-likeness (QED) is 0.703. The van der Waals surface area contributed by atoms with Gasteiger partial charge in [0.2, 0.25) is 17.1 Å². The van der Waals surface area contributed by atoms with Crippen molar-refractivity contribution in [2.45, 2.75) is 47.1 Å². The maximum absolute atomic E-state index is 13.4. The van der Waals surface area contributed by atoms with Crippen LogP contribution in [0.5, 0.6) is 0 Å². The van der Waals surface area contributed by atoms with Crippen LogP contribution in [0.4, 0.5) is 0 Å². The Bertz CT molecular complexity index is 767. The van der Waals surface area contributed by atoms with E-state index in [0.29, 0.717) is 5.57 Å². The number of esters is 2. The predicted octanol–water partition coefficient (Wildman–Crippen LogP) is 2.88. The molecule has 1 aliphatic carbocycles. The fourth-order valence-corrected chi connectivity index (χ4v) is 3.05. The molecule has 0 aromatic rings. The minimum Gasteiger partial charge on any atom is -0.489 e. The topological polar surface area (TPSA) is 78.9 Å². The van der Waals surface area contributed by atoms with Crippen LogP contribution in [-0.2, 0) is 28.6 Å². The summed E-state index contributed by atoms with van der Waals surface area (Å²) >= 11 is 0. The van der Waals surface area contributed by atoms with Crippen LogP contribution in [-0.4, -0.2) is 37.5 Å². The van der Waals surface area contributed by atoms with E-state index in [4.69, 9.17) is 14.2 Å². The number of allylic oxidation sites excluding steroid dienone is 2. The highest BCUT2D eigenvalue weighted by molar-refractivity contribution is 6.19. The average Bonchev–Trinajstić information content (AvgIpc) is 2.79. The van der Waals surface area contributed by atoms with Gasteiger partial charge in [0.1, 0.15) is 5.57 Å². The Labute approximate surface area is 153 Å². The molecule has 2 rings (SSSR count). The summed E-state index contributed by atoms with van der Waals surface area (Å²) < 4.78 is 15.4. The zero-order chi connectivity index (χ0) is 20.1. The summed E-state index contributed by atoms with van der Waals surface area (Å²) in [5.74, 6) is -2.45. The van der Waals surface area contributed by atoms with Crippen molar-refractivity contribution in [3.63, 3.8) is 0 Å². The van der Waals surface area contributed by atoms with Crippen molar-refractivity contribution in [2.75, 3.05) is 14.2 Å². The van der Waals surface area contributed by atoms with Gasteiger partial charge in [-0.05, 0) is 22.5 Å². The van der Waals surface area contributed by atoms with E-state index in [1.807, 2.05) is 47.6 Å². The molecule has 0 amide bonds. The number of methoxy groups -OCH3 is 2. The Morgan fingerprint density at radius 2 is 1.62 bits per heavy atom. The first-order chi connectivity index (χ1) is 11.8. The van der Waals surface area contributed by atoms with Crippen molar-refractivity contribution in [2.24, 2.45) is 10.8 Å². The zero-order valence-corrected chi connectivity index (χ0v) is 16.6. The van der Waals surface area contributed by atoms with Gasteiger partial charge < -0.3 is 14.2 Å². The van der Waals surface area contributed by atoms with Crippen LogP contribution in [0.25, 0.3) is 0 Å². The van der Waals surface area contributed by atoms with Crippen LogP contribution in [0.1, 0.15) is 41.5 Å². The number of rotatable bonds is 2. The summed E-state index contributed by atoms with van der Waals surface area (Å²) in [6, 6.07) is 0. The third-order valence-corrected chi connectivity index (χ3v) is 4.55. The number of Topliss-reactive ketones (excluding diaryl/α,β-unsaturated/α-hetero) is 1. The van der Waals surface area contributed by atoms with Gasteiger partial charge in [0.25, 0.3) is 0 Å². The first-order valence-corrected chi connectivity index (χ1v) is 8.40. The SMILES string of the molecule is COC(=O)C1=C(OC)C(=O)OC12C=C(C(C)(C)C)C=C(C(C)(C)C)C2=O. The molecule has 0 aromatic carbocycles. The average molecular weight is 362 g/mol. The fourth-order valence-electron chi connectivity index (χ4n) is 3.05. The van der Waals surface area contributed by atoms with Gasteiger partial charge in [-0.1, -0.05) is 47.6 Å². The van der Waals surface area contributed by atoms with Gasteiger partial charge in [-0.3, -0.25) is 4.79 Å². The highest BCUT2D eigenvalue weighted by atomic mass is 16.6. The summed E-state index contributed by atoms with van der Waals surface area (Å²) in [5, 5.41) is 0. The van der Waals surface area contributed by atoms with Gasteiger partial charge >= 0.3 is 11.9 Å². The summed E-state index contributed by atoms with van der Waals surface area (Å²) in [6.45, 7) is 11.6. The molecule has 1 unspecified atom stereocenters. The molecule has 2 aliphatic rings. The van der Waals surface area contributed by atoms with Crippen molar-refractivity contribution in [1.29, 1.82) is 0 Å². The van der Waals surface area contributed by atoms with Gasteiger partial charge in [0, 0.05) is 5.57 Å². The summed E-state index contributed by atoms with van der Waals surface area (Å²) in [5.41, 5.74) is -1.68. The fraction of sp³-hybridized carbons (Fsp3) is 0.550. The monoisotopic (exact) mass is 362 g/mol. The molecule has 0 saturated heterocycles. The Morgan fingerprint density at radius 1 is 1.04 bits per heavy atom. The molecule has 0 saturated carbocycles. The largest absolute Gasteiger partial charge is 0.489 e. The second-order valence-corrected chi connectivity index (χ2v) is 8.51. The van der Waals surface area contributed by atoms with Crippen molar-refractivity contribution in [3.05, 3.63) is 34.6 Å². The van der Waals surface area contributed by atoms with Gasteiger partial charge in [-0.15, -0.1) is 0 Å². The van der Waals surface area contributed by atoms with Crippen molar-refractivity contribution < 1.29 is 28.6 Å². The van der Waals surface area contributed by atoms with E-state index in [-0.39, 0.29) is 16.7 Å². The lowest BCUT2D eigenvalue weighted by Gasteiger charge is -2.37. The van der Waals surface area contributed by atoms with Crippen LogP contribution in [0.15, 0.2) is 34.6 Å². The maximum Gasteiger partial charge on any atom is 0.376 e. The number of carbonyl (C=O) groups is 3. The molecule has 0 fully saturated rings. The van der Waals surface area contributed by atoms with Crippen LogP contribution in [0.2, 0.25) is 0 Å². The van der Waals surface area contributed by atoms with Crippen molar-refractivity contribution >= 4 is 17.7 Å². The Morgan fingerprint density at radius 3 is 2.04 bits per heavy atom. The number of ether oxygens (including phenoxy) is 3. The third kappa shape index (κ3) is 2.97. The lowest BCUT2D eigenvalue weighted by atomic mass is 9.68. The highest BCUT2D eigenvalue weighted by Crippen LogP contribution is 2.47. The Balaban J connectivity index is 2.85. The molecule has 0 aromatic heterocycles. The van der Waals surface area contributed by atoms with E-state index < -0.39 is 28.7 Å². The molecule has 1 heterocycles. The van der Waals surface area contributed by atoms with Gasteiger partial charge in [0.05, 0.1) is 14.2 Å². The lowest BCUT2D eigenvalue weighted by Crippen LogP contribution is -2.47. The molecular weight excluding hydrogens is 336 g/mol. The van der Waals surface area contributed by atoms with Gasteiger partial charge in [-0.2, -0.15) is 0 Å². The first-order valence-electron chi connectivity index (χ1n) is 8.40. The smallest absolute Gasteiger partial charge is 0.376 e.